The number of carbonyl (C=O) groups excluding carboxylic acids is 1. The van der Waals surface area contributed by atoms with Gasteiger partial charge in [-0.2, -0.15) is 5.10 Å². The second-order valence-electron chi connectivity index (χ2n) is 8.82. The summed E-state index contributed by atoms with van der Waals surface area (Å²) in [6.07, 6.45) is 3.64. The number of hydrogen-bond donors (Lipinski definition) is 1. The number of fused-ring (bicyclic) bond motifs is 1. The molecule has 1 amide bonds. The third kappa shape index (κ3) is 3.69. The van der Waals surface area contributed by atoms with Crippen molar-refractivity contribution in [1.29, 1.82) is 0 Å². The molecule has 35 heavy (non-hydrogen) atoms. The van der Waals surface area contributed by atoms with Crippen LogP contribution in [0.25, 0.3) is 16.9 Å². The number of amides is 1. The quantitative estimate of drug-likeness (QED) is 0.418. The van der Waals surface area contributed by atoms with E-state index in [1.807, 2.05) is 88.6 Å². The van der Waals surface area contributed by atoms with E-state index in [2.05, 4.69) is 5.32 Å². The minimum Gasteiger partial charge on any atom is -0.497 e. The molecule has 2 aliphatic rings. The molecule has 0 saturated heterocycles. The lowest BCUT2D eigenvalue weighted by atomic mass is 10.00. The van der Waals surface area contributed by atoms with Crippen LogP contribution in [0.5, 0.6) is 11.5 Å². The Morgan fingerprint density at radius 2 is 1.69 bits per heavy atom. The van der Waals surface area contributed by atoms with Gasteiger partial charge in [-0.3, -0.25) is 4.79 Å². The minimum absolute atomic E-state index is 0.0443. The second-order valence-corrected chi connectivity index (χ2v) is 8.82. The molecule has 0 radical (unpaired) electrons. The van der Waals surface area contributed by atoms with E-state index in [0.717, 1.165) is 41.0 Å². The van der Waals surface area contributed by atoms with Crippen LogP contribution in [-0.2, 0) is 0 Å². The summed E-state index contributed by atoms with van der Waals surface area (Å²) in [6, 6.07) is 23.5. The molecule has 7 nitrogen and oxygen atoms in total. The minimum atomic E-state index is -0.367. The van der Waals surface area contributed by atoms with Crippen LogP contribution in [0.1, 0.15) is 34.9 Å². The molecule has 0 bridgehead atoms. The Morgan fingerprint density at radius 1 is 0.914 bits per heavy atom. The molecule has 1 atom stereocenters. The first-order valence-electron chi connectivity index (χ1n) is 11.7. The molecule has 7 heteroatoms. The number of rotatable bonds is 6. The van der Waals surface area contributed by atoms with E-state index in [1.54, 1.807) is 14.2 Å². The lowest BCUT2D eigenvalue weighted by Crippen LogP contribution is -2.44. The monoisotopic (exact) mass is 466 g/mol. The zero-order valence-electron chi connectivity index (χ0n) is 19.6. The summed E-state index contributed by atoms with van der Waals surface area (Å²) in [6.45, 7) is 0. The van der Waals surface area contributed by atoms with Gasteiger partial charge in [0.1, 0.15) is 23.4 Å². The number of carbonyl (C=O) groups is 1. The Labute approximate surface area is 203 Å². The predicted octanol–water partition coefficient (Wildman–Crippen LogP) is 5.29. The second kappa shape index (κ2) is 8.51. The van der Waals surface area contributed by atoms with Gasteiger partial charge in [0.05, 0.1) is 25.5 Å². The molecular formula is C28H26N4O3. The third-order valence-electron chi connectivity index (χ3n) is 6.62. The number of aromatic nitrogens is 2. The van der Waals surface area contributed by atoms with Crippen LogP contribution in [0.2, 0.25) is 0 Å². The maximum atomic E-state index is 13.6. The highest BCUT2D eigenvalue weighted by molar-refractivity contribution is 6.02. The molecule has 1 aliphatic carbocycles. The molecule has 6 rings (SSSR count). The molecule has 4 aromatic rings. The molecule has 1 fully saturated rings. The van der Waals surface area contributed by atoms with Crippen molar-refractivity contribution < 1.29 is 14.3 Å². The van der Waals surface area contributed by atoms with Gasteiger partial charge in [-0.15, -0.1) is 0 Å². The molecule has 0 spiro atoms. The smallest absolute Gasteiger partial charge is 0.258 e. The highest BCUT2D eigenvalue weighted by Gasteiger charge is 2.43. The predicted molar refractivity (Wildman–Crippen MR) is 134 cm³/mol. The lowest BCUT2D eigenvalue weighted by molar-refractivity contribution is 0.0667. The van der Waals surface area contributed by atoms with Crippen molar-refractivity contribution in [1.82, 2.24) is 14.7 Å². The Bertz CT molecular complexity index is 1390. The van der Waals surface area contributed by atoms with Crippen molar-refractivity contribution in [3.63, 3.8) is 0 Å². The van der Waals surface area contributed by atoms with Gasteiger partial charge in [-0.1, -0.05) is 30.3 Å². The largest absolute Gasteiger partial charge is 0.497 e. The van der Waals surface area contributed by atoms with Gasteiger partial charge in [-0.25, -0.2) is 4.68 Å². The van der Waals surface area contributed by atoms with Crippen LogP contribution >= 0.6 is 0 Å². The number of para-hydroxylation sites is 2. The molecule has 1 aromatic heterocycles. The maximum Gasteiger partial charge on any atom is 0.258 e. The maximum absolute atomic E-state index is 13.6. The zero-order valence-corrected chi connectivity index (χ0v) is 19.6. The number of methoxy groups -OCH3 is 2. The van der Waals surface area contributed by atoms with Gasteiger partial charge in [0, 0.05) is 29.1 Å². The first-order valence-corrected chi connectivity index (χ1v) is 11.7. The van der Waals surface area contributed by atoms with Crippen LogP contribution in [0.15, 0.2) is 79.0 Å². The number of ether oxygens (including phenoxy) is 2. The number of anilines is 1. The third-order valence-corrected chi connectivity index (χ3v) is 6.62. The summed E-state index contributed by atoms with van der Waals surface area (Å²) in [4.78, 5) is 15.6. The lowest BCUT2D eigenvalue weighted by Gasteiger charge is -2.38. The molecule has 1 N–H and O–H groups in total. The standard InChI is InChI=1S/C28H26N4O3/c1-34-20-14-15-25(35-2)22(16-20)26-23(17-31(30-26)18-8-4-3-5-9-18)27-29-24-11-7-6-10-21(24)28(33)32(27)19-12-13-19/h3-11,14-17,19,27,29H,12-13H2,1-2H3/t27-/m0/s1. The van der Waals surface area contributed by atoms with Crippen LogP contribution in [0.3, 0.4) is 0 Å². The summed E-state index contributed by atoms with van der Waals surface area (Å²) >= 11 is 0. The molecule has 0 unspecified atom stereocenters. The van der Waals surface area contributed by atoms with E-state index in [9.17, 15) is 4.79 Å². The van der Waals surface area contributed by atoms with Gasteiger partial charge in [0.2, 0.25) is 0 Å². The number of nitrogens with zero attached hydrogens (tertiary/aromatic N) is 3. The average Bonchev–Trinajstić information content (AvgIpc) is 3.65. The van der Waals surface area contributed by atoms with Gasteiger partial charge in [-0.05, 0) is 55.3 Å². The van der Waals surface area contributed by atoms with Crippen LogP contribution in [0.4, 0.5) is 5.69 Å². The van der Waals surface area contributed by atoms with Crippen LogP contribution in [0, 0.1) is 0 Å². The summed E-state index contributed by atoms with van der Waals surface area (Å²) in [5.74, 6) is 1.44. The van der Waals surface area contributed by atoms with Gasteiger partial charge < -0.3 is 19.7 Å². The first kappa shape index (κ1) is 21.3. The Balaban J connectivity index is 1.56. The number of hydrogen-bond acceptors (Lipinski definition) is 5. The number of nitrogens with one attached hydrogen (secondary N) is 1. The Hall–Kier alpha value is -4.26. The fourth-order valence-electron chi connectivity index (χ4n) is 4.73. The summed E-state index contributed by atoms with van der Waals surface area (Å²) in [5.41, 5.74) is 4.90. The molecule has 1 saturated carbocycles. The molecule has 176 valence electrons. The van der Waals surface area contributed by atoms with Crippen molar-refractivity contribution in [2.45, 2.75) is 25.0 Å². The highest BCUT2D eigenvalue weighted by Crippen LogP contribution is 2.44. The SMILES string of the molecule is COc1ccc(OC)c(-c2nn(-c3ccccc3)cc2[C@H]2Nc3ccccc3C(=O)N2C2CC2)c1. The van der Waals surface area contributed by atoms with Crippen molar-refractivity contribution >= 4 is 11.6 Å². The molecule has 2 heterocycles. The van der Waals surface area contributed by atoms with Crippen molar-refractivity contribution in [3.8, 4) is 28.4 Å². The van der Waals surface area contributed by atoms with Gasteiger partial charge in [0.25, 0.3) is 5.91 Å². The van der Waals surface area contributed by atoms with Gasteiger partial charge in [0.15, 0.2) is 0 Å². The van der Waals surface area contributed by atoms with Crippen molar-refractivity contribution in [2.75, 3.05) is 19.5 Å². The van der Waals surface area contributed by atoms with Crippen LogP contribution in [-0.4, -0.2) is 40.8 Å². The van der Waals surface area contributed by atoms with E-state index in [4.69, 9.17) is 14.6 Å². The summed E-state index contributed by atoms with van der Waals surface area (Å²) < 4.78 is 13.1. The van der Waals surface area contributed by atoms with Crippen LogP contribution < -0.4 is 14.8 Å². The normalized spacial score (nSPS) is 17.0. The van der Waals surface area contributed by atoms with Crippen molar-refractivity contribution in [2.24, 2.45) is 0 Å². The summed E-state index contributed by atoms with van der Waals surface area (Å²) in [5, 5.41) is 8.64. The highest BCUT2D eigenvalue weighted by atomic mass is 16.5. The fourth-order valence-corrected chi connectivity index (χ4v) is 4.73. The van der Waals surface area contributed by atoms with E-state index < -0.39 is 0 Å². The fraction of sp³-hybridized carbons (Fsp3) is 0.214. The topological polar surface area (TPSA) is 68.6 Å². The molecular weight excluding hydrogens is 440 g/mol. The zero-order chi connectivity index (χ0) is 23.9. The molecule has 1 aliphatic heterocycles. The van der Waals surface area contributed by atoms with Crippen molar-refractivity contribution in [3.05, 3.63) is 90.1 Å². The van der Waals surface area contributed by atoms with E-state index >= 15 is 0 Å². The Kier molecular flexibility index (Phi) is 5.17. The molecule has 3 aromatic carbocycles. The Morgan fingerprint density at radius 3 is 2.43 bits per heavy atom. The van der Waals surface area contributed by atoms with E-state index in [0.29, 0.717) is 17.1 Å². The first-order chi connectivity index (χ1) is 17.2. The van der Waals surface area contributed by atoms with E-state index in [1.165, 1.54) is 0 Å². The van der Waals surface area contributed by atoms with Gasteiger partial charge >= 0.3 is 0 Å². The van der Waals surface area contributed by atoms with E-state index in [-0.39, 0.29) is 18.1 Å². The number of benzene rings is 3. The average molecular weight is 467 g/mol. The summed E-state index contributed by atoms with van der Waals surface area (Å²) in [7, 11) is 3.29.